The number of hydrogen-bond donors (Lipinski definition) is 2. The summed E-state index contributed by atoms with van der Waals surface area (Å²) in [6.45, 7) is 0. The number of hydrogen-bond acceptors (Lipinski definition) is 6. The predicted molar refractivity (Wildman–Crippen MR) is 132 cm³/mol. The third-order valence-corrected chi connectivity index (χ3v) is 7.18. The highest BCUT2D eigenvalue weighted by Crippen LogP contribution is 2.29. The van der Waals surface area contributed by atoms with Gasteiger partial charge in [-0.25, -0.2) is 4.39 Å². The van der Waals surface area contributed by atoms with E-state index in [9.17, 15) is 14.0 Å². The molecule has 0 unspecified atom stereocenters. The molecule has 3 aromatic carbocycles. The van der Waals surface area contributed by atoms with Gasteiger partial charge in [-0.3, -0.25) is 14.9 Å². The summed E-state index contributed by atoms with van der Waals surface area (Å²) in [5, 5.41) is 13.9. The SMILES string of the molecule is O=C(Nc1ccccc1F)c1ccc(CSc2nnc(NC(=O)c3ccccc3Br)s2)cc1. The van der Waals surface area contributed by atoms with E-state index in [2.05, 4.69) is 36.8 Å². The van der Waals surface area contributed by atoms with Crippen molar-refractivity contribution in [1.29, 1.82) is 0 Å². The van der Waals surface area contributed by atoms with Crippen LogP contribution >= 0.6 is 39.0 Å². The van der Waals surface area contributed by atoms with E-state index in [-0.39, 0.29) is 17.5 Å². The lowest BCUT2D eigenvalue weighted by Gasteiger charge is -2.07. The molecule has 1 aromatic heterocycles. The second-order valence-corrected chi connectivity index (χ2v) is 9.78. The maximum absolute atomic E-state index is 13.7. The number of amides is 2. The van der Waals surface area contributed by atoms with Gasteiger partial charge in [-0.2, -0.15) is 0 Å². The van der Waals surface area contributed by atoms with Crippen LogP contribution in [0.3, 0.4) is 0 Å². The van der Waals surface area contributed by atoms with Crippen LogP contribution in [0, 0.1) is 5.82 Å². The number of halogens is 2. The minimum atomic E-state index is -0.483. The predicted octanol–water partition coefficient (Wildman–Crippen LogP) is 6.24. The van der Waals surface area contributed by atoms with Crippen molar-refractivity contribution in [3.8, 4) is 0 Å². The summed E-state index contributed by atoms with van der Waals surface area (Å²) in [6.07, 6.45) is 0. The number of carbonyl (C=O) groups is 2. The fourth-order valence-electron chi connectivity index (χ4n) is 2.78. The van der Waals surface area contributed by atoms with E-state index >= 15 is 0 Å². The van der Waals surface area contributed by atoms with Crippen molar-refractivity contribution in [2.45, 2.75) is 10.1 Å². The lowest BCUT2D eigenvalue weighted by Crippen LogP contribution is -2.12. The molecule has 0 saturated heterocycles. The number of carbonyl (C=O) groups excluding carboxylic acids is 2. The van der Waals surface area contributed by atoms with Crippen molar-refractivity contribution in [3.05, 3.63) is 99.8 Å². The molecule has 0 aliphatic heterocycles. The Morgan fingerprint density at radius 2 is 1.64 bits per heavy atom. The highest BCUT2D eigenvalue weighted by atomic mass is 79.9. The van der Waals surface area contributed by atoms with Crippen molar-refractivity contribution in [1.82, 2.24) is 10.2 Å². The second-order valence-electron chi connectivity index (χ2n) is 6.73. The average molecular weight is 543 g/mol. The molecule has 0 aliphatic carbocycles. The molecular formula is C23H16BrFN4O2S2. The van der Waals surface area contributed by atoms with Gasteiger partial charge in [-0.15, -0.1) is 10.2 Å². The van der Waals surface area contributed by atoms with E-state index < -0.39 is 5.82 Å². The highest BCUT2D eigenvalue weighted by molar-refractivity contribution is 9.10. The van der Waals surface area contributed by atoms with Gasteiger partial charge in [-0.1, -0.05) is 59.5 Å². The first kappa shape index (κ1) is 23.1. The van der Waals surface area contributed by atoms with E-state index in [4.69, 9.17) is 0 Å². The number of nitrogens with one attached hydrogen (secondary N) is 2. The first-order valence-corrected chi connectivity index (χ1v) is 12.3. The zero-order valence-electron chi connectivity index (χ0n) is 16.9. The van der Waals surface area contributed by atoms with Gasteiger partial charge in [0.2, 0.25) is 5.13 Å². The van der Waals surface area contributed by atoms with Crippen molar-refractivity contribution in [2.24, 2.45) is 0 Å². The van der Waals surface area contributed by atoms with Gasteiger partial charge in [0.05, 0.1) is 11.3 Å². The normalized spacial score (nSPS) is 10.6. The number of para-hydroxylation sites is 1. The Balaban J connectivity index is 1.31. The van der Waals surface area contributed by atoms with Crippen LogP contribution in [0.25, 0.3) is 0 Å². The summed E-state index contributed by atoms with van der Waals surface area (Å²) in [5.74, 6) is -0.515. The minimum Gasteiger partial charge on any atom is -0.319 e. The van der Waals surface area contributed by atoms with Gasteiger partial charge < -0.3 is 5.32 Å². The van der Waals surface area contributed by atoms with Crippen LogP contribution < -0.4 is 10.6 Å². The molecule has 4 rings (SSSR count). The van der Waals surface area contributed by atoms with Crippen LogP contribution in [0.15, 0.2) is 81.6 Å². The minimum absolute atomic E-state index is 0.140. The number of rotatable bonds is 7. The third-order valence-electron chi connectivity index (χ3n) is 4.45. The first-order chi connectivity index (χ1) is 16.0. The van der Waals surface area contributed by atoms with Crippen LogP contribution in [0.2, 0.25) is 0 Å². The van der Waals surface area contributed by atoms with Gasteiger partial charge in [-0.05, 0) is 57.9 Å². The molecule has 0 radical (unpaired) electrons. The smallest absolute Gasteiger partial charge is 0.258 e. The van der Waals surface area contributed by atoms with Crippen LogP contribution in [0.1, 0.15) is 26.3 Å². The quantitative estimate of drug-likeness (QED) is 0.213. The largest absolute Gasteiger partial charge is 0.319 e. The maximum atomic E-state index is 13.7. The topological polar surface area (TPSA) is 84.0 Å². The van der Waals surface area contributed by atoms with E-state index in [1.807, 2.05) is 18.2 Å². The van der Waals surface area contributed by atoms with E-state index in [0.29, 0.717) is 30.8 Å². The summed E-state index contributed by atoms with van der Waals surface area (Å²) in [6, 6.07) is 20.2. The highest BCUT2D eigenvalue weighted by Gasteiger charge is 2.13. The molecule has 0 atom stereocenters. The second kappa shape index (κ2) is 10.7. The average Bonchev–Trinajstić information content (AvgIpc) is 3.27. The standard InChI is InChI=1S/C23H16BrFN4O2S2/c24-17-6-2-1-5-16(17)21(31)27-22-28-29-23(33-22)32-13-14-9-11-15(12-10-14)20(30)26-19-8-4-3-7-18(19)25/h1-12H,13H2,(H,26,30)(H,27,28,31). The Morgan fingerprint density at radius 3 is 2.39 bits per heavy atom. The number of aromatic nitrogens is 2. The maximum Gasteiger partial charge on any atom is 0.258 e. The Bertz CT molecular complexity index is 1300. The van der Waals surface area contributed by atoms with Gasteiger partial charge in [0.15, 0.2) is 4.34 Å². The van der Waals surface area contributed by atoms with E-state index in [1.165, 1.54) is 35.2 Å². The molecule has 33 heavy (non-hydrogen) atoms. The molecule has 6 nitrogen and oxygen atoms in total. The fourth-order valence-corrected chi connectivity index (χ4v) is 4.95. The molecule has 0 saturated carbocycles. The van der Waals surface area contributed by atoms with Gasteiger partial charge in [0.25, 0.3) is 11.8 Å². The zero-order valence-corrected chi connectivity index (χ0v) is 20.1. The number of anilines is 2. The Kier molecular flexibility index (Phi) is 7.48. The van der Waals surface area contributed by atoms with Gasteiger partial charge >= 0.3 is 0 Å². The van der Waals surface area contributed by atoms with Gasteiger partial charge in [0.1, 0.15) is 5.82 Å². The number of benzene rings is 3. The van der Waals surface area contributed by atoms with Gasteiger partial charge in [0, 0.05) is 15.8 Å². The van der Waals surface area contributed by atoms with Crippen LogP contribution in [0.4, 0.5) is 15.2 Å². The molecule has 166 valence electrons. The molecule has 0 fully saturated rings. The van der Waals surface area contributed by atoms with Crippen molar-refractivity contribution in [3.63, 3.8) is 0 Å². The van der Waals surface area contributed by atoms with E-state index in [1.54, 1.807) is 42.5 Å². The fraction of sp³-hybridized carbons (Fsp3) is 0.0435. The lowest BCUT2D eigenvalue weighted by atomic mass is 10.1. The van der Waals surface area contributed by atoms with Crippen molar-refractivity contribution >= 4 is 61.7 Å². The Hall–Kier alpha value is -3.08. The van der Waals surface area contributed by atoms with E-state index in [0.717, 1.165) is 5.56 Å². The lowest BCUT2D eigenvalue weighted by molar-refractivity contribution is 0.101. The van der Waals surface area contributed by atoms with Crippen LogP contribution in [0.5, 0.6) is 0 Å². The summed E-state index contributed by atoms with van der Waals surface area (Å²) in [4.78, 5) is 24.7. The Labute approximate surface area is 205 Å². The molecule has 0 bridgehead atoms. The molecular weight excluding hydrogens is 527 g/mol. The first-order valence-electron chi connectivity index (χ1n) is 9.66. The zero-order chi connectivity index (χ0) is 23.2. The molecule has 10 heteroatoms. The number of nitrogens with zero attached hydrogens (tertiary/aromatic N) is 2. The Morgan fingerprint density at radius 1 is 0.909 bits per heavy atom. The molecule has 2 amide bonds. The van der Waals surface area contributed by atoms with Crippen LogP contribution in [-0.4, -0.2) is 22.0 Å². The summed E-state index contributed by atoms with van der Waals surface area (Å²) < 4.78 is 15.1. The number of thioether (sulfide) groups is 1. The van der Waals surface area contributed by atoms with Crippen molar-refractivity contribution in [2.75, 3.05) is 10.6 Å². The third kappa shape index (κ3) is 6.04. The molecule has 0 spiro atoms. The summed E-state index contributed by atoms with van der Waals surface area (Å²) in [5.41, 5.74) is 2.07. The summed E-state index contributed by atoms with van der Waals surface area (Å²) >= 11 is 6.12. The molecule has 2 N–H and O–H groups in total. The monoisotopic (exact) mass is 542 g/mol. The molecule has 0 aliphatic rings. The summed E-state index contributed by atoms with van der Waals surface area (Å²) in [7, 11) is 0. The molecule has 4 aromatic rings. The van der Waals surface area contributed by atoms with Crippen molar-refractivity contribution < 1.29 is 14.0 Å². The van der Waals surface area contributed by atoms with Crippen LogP contribution in [-0.2, 0) is 5.75 Å². The molecule has 1 heterocycles.